The van der Waals surface area contributed by atoms with Crippen molar-refractivity contribution in [3.8, 4) is 6.07 Å². The highest BCUT2D eigenvalue weighted by Crippen LogP contribution is 2.36. The summed E-state index contributed by atoms with van der Waals surface area (Å²) in [5.74, 6) is -0.463. The van der Waals surface area contributed by atoms with Crippen molar-refractivity contribution in [3.63, 3.8) is 0 Å². The van der Waals surface area contributed by atoms with Crippen molar-refractivity contribution < 1.29 is 18.0 Å². The van der Waals surface area contributed by atoms with Crippen molar-refractivity contribution in [2.75, 3.05) is 5.32 Å². The van der Waals surface area contributed by atoms with Gasteiger partial charge in [0.1, 0.15) is 11.6 Å². The minimum absolute atomic E-state index is 0.104. The Balaban J connectivity index is 2.24. The van der Waals surface area contributed by atoms with Crippen LogP contribution in [0.15, 0.2) is 48.0 Å². The molecule has 0 atom stereocenters. The maximum atomic E-state index is 12.9. The summed E-state index contributed by atoms with van der Waals surface area (Å²) in [7, 11) is 0. The normalized spacial score (nSPS) is 12.0. The summed E-state index contributed by atoms with van der Waals surface area (Å²) in [4.78, 5) is 12.3. The largest absolute Gasteiger partial charge is 0.417 e. The van der Waals surface area contributed by atoms with E-state index < -0.39 is 22.7 Å². The van der Waals surface area contributed by atoms with Crippen LogP contribution in [0.2, 0.25) is 5.02 Å². The number of halogens is 4. The third-order valence-electron chi connectivity index (χ3n) is 3.81. The number of hydrogen-bond donors (Lipinski definition) is 1. The lowest BCUT2D eigenvalue weighted by Crippen LogP contribution is -2.14. The predicted molar refractivity (Wildman–Crippen MR) is 99.2 cm³/mol. The molecule has 2 rings (SSSR count). The molecule has 0 aliphatic rings. The second-order valence-corrected chi connectivity index (χ2v) is 6.54. The van der Waals surface area contributed by atoms with E-state index in [4.69, 9.17) is 11.6 Å². The molecular weight excluding hydrogens is 377 g/mol. The summed E-state index contributed by atoms with van der Waals surface area (Å²) in [6, 6.07) is 12.1. The Hall–Kier alpha value is -2.78. The SMILES string of the molecule is CC(C)c1ccc(C=C(C#N)C(=O)Nc2ccc(Cl)c(C(F)(F)F)c2)cc1. The van der Waals surface area contributed by atoms with E-state index in [9.17, 15) is 23.2 Å². The molecule has 7 heteroatoms. The van der Waals surface area contributed by atoms with Crippen LogP contribution in [0.25, 0.3) is 6.08 Å². The Bertz CT molecular complexity index is 910. The number of anilines is 1. The van der Waals surface area contributed by atoms with Gasteiger partial charge >= 0.3 is 6.18 Å². The lowest BCUT2D eigenvalue weighted by Gasteiger charge is -2.11. The minimum atomic E-state index is -4.65. The van der Waals surface area contributed by atoms with Crippen molar-refractivity contribution >= 4 is 29.3 Å². The molecule has 0 aliphatic heterocycles. The zero-order valence-corrected chi connectivity index (χ0v) is 15.3. The van der Waals surface area contributed by atoms with Crippen LogP contribution < -0.4 is 5.32 Å². The van der Waals surface area contributed by atoms with Gasteiger partial charge in [-0.25, -0.2) is 0 Å². The fourth-order valence-electron chi connectivity index (χ4n) is 2.31. The highest BCUT2D eigenvalue weighted by atomic mass is 35.5. The fraction of sp³-hybridized carbons (Fsp3) is 0.200. The zero-order valence-electron chi connectivity index (χ0n) is 14.6. The van der Waals surface area contributed by atoms with Crippen molar-refractivity contribution in [1.29, 1.82) is 5.26 Å². The van der Waals surface area contributed by atoms with Crippen molar-refractivity contribution in [3.05, 3.63) is 69.8 Å². The molecule has 2 aromatic rings. The topological polar surface area (TPSA) is 52.9 Å². The average Bonchev–Trinajstić information content (AvgIpc) is 2.60. The van der Waals surface area contributed by atoms with E-state index in [1.807, 2.05) is 26.0 Å². The third kappa shape index (κ3) is 5.35. The van der Waals surface area contributed by atoms with Crippen molar-refractivity contribution in [2.45, 2.75) is 25.9 Å². The molecule has 0 radical (unpaired) electrons. The van der Waals surface area contributed by atoms with E-state index in [0.717, 1.165) is 17.7 Å². The minimum Gasteiger partial charge on any atom is -0.321 e. The first-order chi connectivity index (χ1) is 12.6. The van der Waals surface area contributed by atoms with Crippen molar-refractivity contribution in [2.24, 2.45) is 0 Å². The van der Waals surface area contributed by atoms with Gasteiger partial charge in [-0.2, -0.15) is 18.4 Å². The molecule has 2 aromatic carbocycles. The summed E-state index contributed by atoms with van der Waals surface area (Å²) in [6.07, 6.45) is -3.27. The van der Waals surface area contributed by atoms with Crippen LogP contribution in [-0.2, 0) is 11.0 Å². The van der Waals surface area contributed by atoms with Gasteiger partial charge in [-0.05, 0) is 41.3 Å². The van der Waals surface area contributed by atoms with Crippen LogP contribution in [0.3, 0.4) is 0 Å². The Morgan fingerprint density at radius 3 is 2.33 bits per heavy atom. The van der Waals surface area contributed by atoms with Crippen LogP contribution in [0, 0.1) is 11.3 Å². The molecule has 140 valence electrons. The number of nitrogens with zero attached hydrogens (tertiary/aromatic N) is 1. The first kappa shape index (κ1) is 20.5. The average molecular weight is 393 g/mol. The van der Waals surface area contributed by atoms with Gasteiger partial charge in [-0.15, -0.1) is 0 Å². The summed E-state index contributed by atoms with van der Waals surface area (Å²) in [5.41, 5.74) is 0.353. The number of hydrogen-bond acceptors (Lipinski definition) is 2. The van der Waals surface area contributed by atoms with Gasteiger partial charge in [-0.1, -0.05) is 49.7 Å². The molecule has 3 nitrogen and oxygen atoms in total. The first-order valence-corrected chi connectivity index (χ1v) is 8.39. The number of rotatable bonds is 4. The molecular formula is C20H16ClF3N2O. The molecule has 0 fully saturated rings. The van der Waals surface area contributed by atoms with E-state index in [-0.39, 0.29) is 11.3 Å². The van der Waals surface area contributed by atoms with E-state index in [1.54, 1.807) is 18.2 Å². The number of nitriles is 1. The monoisotopic (exact) mass is 392 g/mol. The molecule has 0 bridgehead atoms. The Labute approximate surface area is 160 Å². The van der Waals surface area contributed by atoms with Gasteiger partial charge in [0.15, 0.2) is 0 Å². The zero-order chi connectivity index (χ0) is 20.2. The Morgan fingerprint density at radius 1 is 1.19 bits per heavy atom. The molecule has 0 spiro atoms. The molecule has 0 aliphatic carbocycles. The fourth-order valence-corrected chi connectivity index (χ4v) is 2.54. The molecule has 27 heavy (non-hydrogen) atoms. The summed E-state index contributed by atoms with van der Waals surface area (Å²) in [5, 5.41) is 11.0. The van der Waals surface area contributed by atoms with E-state index in [1.165, 1.54) is 12.1 Å². The van der Waals surface area contributed by atoms with E-state index in [0.29, 0.717) is 11.5 Å². The summed E-state index contributed by atoms with van der Waals surface area (Å²) in [6.45, 7) is 4.08. The number of carbonyl (C=O) groups excluding carboxylic acids is 1. The van der Waals surface area contributed by atoms with Crippen LogP contribution in [0.4, 0.5) is 18.9 Å². The third-order valence-corrected chi connectivity index (χ3v) is 4.14. The highest BCUT2D eigenvalue weighted by molar-refractivity contribution is 6.31. The molecule has 0 unspecified atom stereocenters. The molecule has 1 amide bonds. The predicted octanol–water partition coefficient (Wildman–Crippen LogP) is 6.03. The molecule has 0 aromatic heterocycles. The van der Waals surface area contributed by atoms with Crippen LogP contribution in [0.1, 0.15) is 36.5 Å². The second-order valence-electron chi connectivity index (χ2n) is 6.14. The number of amides is 1. The van der Waals surface area contributed by atoms with Gasteiger partial charge in [0, 0.05) is 5.69 Å². The molecule has 1 N–H and O–H groups in total. The number of benzene rings is 2. The Morgan fingerprint density at radius 2 is 1.81 bits per heavy atom. The molecule has 0 heterocycles. The quantitative estimate of drug-likeness (QED) is 0.510. The first-order valence-electron chi connectivity index (χ1n) is 8.01. The lowest BCUT2D eigenvalue weighted by atomic mass is 10.0. The van der Waals surface area contributed by atoms with Gasteiger partial charge in [0.25, 0.3) is 5.91 Å². The summed E-state index contributed by atoms with van der Waals surface area (Å²) < 4.78 is 38.7. The van der Waals surface area contributed by atoms with Crippen LogP contribution >= 0.6 is 11.6 Å². The maximum Gasteiger partial charge on any atom is 0.417 e. The van der Waals surface area contributed by atoms with Gasteiger partial charge in [0.2, 0.25) is 0 Å². The number of alkyl halides is 3. The van der Waals surface area contributed by atoms with Crippen LogP contribution in [0.5, 0.6) is 0 Å². The second kappa shape index (κ2) is 8.28. The Kier molecular flexibility index (Phi) is 6.29. The smallest absolute Gasteiger partial charge is 0.321 e. The number of carbonyl (C=O) groups is 1. The maximum absolute atomic E-state index is 12.9. The van der Waals surface area contributed by atoms with Gasteiger partial charge in [-0.3, -0.25) is 4.79 Å². The van der Waals surface area contributed by atoms with Crippen LogP contribution in [-0.4, -0.2) is 5.91 Å². The summed E-state index contributed by atoms with van der Waals surface area (Å²) >= 11 is 5.55. The molecule has 0 saturated heterocycles. The van der Waals surface area contributed by atoms with Gasteiger partial charge in [0.05, 0.1) is 10.6 Å². The molecule has 0 saturated carbocycles. The van der Waals surface area contributed by atoms with E-state index >= 15 is 0 Å². The number of nitrogens with one attached hydrogen (secondary N) is 1. The van der Waals surface area contributed by atoms with Crippen molar-refractivity contribution in [1.82, 2.24) is 0 Å². The standard InChI is InChI=1S/C20H16ClF3N2O/c1-12(2)14-5-3-13(4-6-14)9-15(11-25)19(27)26-16-7-8-18(21)17(10-16)20(22,23)24/h3-10,12H,1-2H3,(H,26,27). The lowest BCUT2D eigenvalue weighted by molar-refractivity contribution is -0.137. The highest BCUT2D eigenvalue weighted by Gasteiger charge is 2.33. The van der Waals surface area contributed by atoms with E-state index in [2.05, 4.69) is 5.32 Å². The van der Waals surface area contributed by atoms with Gasteiger partial charge < -0.3 is 5.32 Å².